The van der Waals surface area contributed by atoms with Crippen LogP contribution in [0.3, 0.4) is 0 Å². The first-order valence-corrected chi connectivity index (χ1v) is 4.72. The Balaban J connectivity index is 2.78. The molecule has 0 aliphatic carbocycles. The molecule has 4 heteroatoms. The summed E-state index contributed by atoms with van der Waals surface area (Å²) in [5.41, 5.74) is 0.782. The van der Waals surface area contributed by atoms with Crippen molar-refractivity contribution in [3.05, 3.63) is 29.6 Å². The Labute approximate surface area is 86.9 Å². The lowest BCUT2D eigenvalue weighted by Gasteiger charge is -2.08. The summed E-state index contributed by atoms with van der Waals surface area (Å²) >= 11 is 0. The fourth-order valence-electron chi connectivity index (χ4n) is 1.33. The minimum absolute atomic E-state index is 0.395. The highest BCUT2D eigenvalue weighted by molar-refractivity contribution is 5.29. The van der Waals surface area contributed by atoms with E-state index < -0.39 is 18.2 Å². The summed E-state index contributed by atoms with van der Waals surface area (Å²) in [4.78, 5) is 0. The quantitative estimate of drug-likeness (QED) is 0.749. The standard InChI is InChI=1S/C11H13F3O/c1-7(2)5-8-3-4-10(9(12)6-8)15-11(13)14/h3-4,6-7,11H,5H2,1-2H3. The molecule has 0 amide bonds. The van der Waals surface area contributed by atoms with E-state index in [1.807, 2.05) is 13.8 Å². The number of benzene rings is 1. The van der Waals surface area contributed by atoms with Crippen LogP contribution < -0.4 is 4.74 Å². The highest BCUT2D eigenvalue weighted by Crippen LogP contribution is 2.21. The van der Waals surface area contributed by atoms with Gasteiger partial charge in [-0.2, -0.15) is 8.78 Å². The first-order chi connectivity index (χ1) is 6.99. The second-order valence-corrected chi connectivity index (χ2v) is 3.74. The smallest absolute Gasteiger partial charge is 0.387 e. The maximum Gasteiger partial charge on any atom is 0.387 e. The molecular formula is C11H13F3O. The first kappa shape index (κ1) is 11.9. The van der Waals surface area contributed by atoms with Gasteiger partial charge in [0.05, 0.1) is 0 Å². The van der Waals surface area contributed by atoms with Gasteiger partial charge >= 0.3 is 6.61 Å². The summed E-state index contributed by atoms with van der Waals surface area (Å²) < 4.78 is 40.8. The molecule has 0 saturated carbocycles. The Kier molecular flexibility index (Phi) is 4.00. The van der Waals surface area contributed by atoms with Crippen molar-refractivity contribution < 1.29 is 17.9 Å². The lowest BCUT2D eigenvalue weighted by Crippen LogP contribution is -2.04. The van der Waals surface area contributed by atoms with Gasteiger partial charge in [0.2, 0.25) is 0 Å². The number of hydrogen-bond acceptors (Lipinski definition) is 1. The molecule has 1 rings (SSSR count). The Morgan fingerprint density at radius 1 is 1.27 bits per heavy atom. The van der Waals surface area contributed by atoms with Gasteiger partial charge in [0, 0.05) is 0 Å². The molecule has 0 saturated heterocycles. The minimum Gasteiger partial charge on any atom is -0.432 e. The second kappa shape index (κ2) is 5.05. The van der Waals surface area contributed by atoms with Crippen LogP contribution in [0.2, 0.25) is 0 Å². The van der Waals surface area contributed by atoms with E-state index in [9.17, 15) is 13.2 Å². The van der Waals surface area contributed by atoms with Crippen LogP contribution in [-0.2, 0) is 6.42 Å². The number of halogens is 3. The molecule has 15 heavy (non-hydrogen) atoms. The van der Waals surface area contributed by atoms with Gasteiger partial charge in [-0.25, -0.2) is 4.39 Å². The van der Waals surface area contributed by atoms with Crippen LogP contribution in [0, 0.1) is 11.7 Å². The number of alkyl halides is 2. The van der Waals surface area contributed by atoms with Crippen LogP contribution in [0.5, 0.6) is 5.75 Å². The van der Waals surface area contributed by atoms with Crippen molar-refractivity contribution in [1.82, 2.24) is 0 Å². The normalized spacial score (nSPS) is 11.1. The molecule has 0 unspecified atom stereocenters. The molecule has 0 spiro atoms. The molecule has 0 N–H and O–H groups in total. The fourth-order valence-corrected chi connectivity index (χ4v) is 1.33. The van der Waals surface area contributed by atoms with Gasteiger partial charge in [0.1, 0.15) is 0 Å². The van der Waals surface area contributed by atoms with E-state index in [2.05, 4.69) is 4.74 Å². The van der Waals surface area contributed by atoms with Crippen molar-refractivity contribution in [2.45, 2.75) is 26.9 Å². The van der Waals surface area contributed by atoms with E-state index >= 15 is 0 Å². The molecule has 0 aromatic heterocycles. The van der Waals surface area contributed by atoms with E-state index in [4.69, 9.17) is 0 Å². The van der Waals surface area contributed by atoms with Gasteiger partial charge in [0.25, 0.3) is 0 Å². The Morgan fingerprint density at radius 3 is 2.40 bits per heavy atom. The van der Waals surface area contributed by atoms with E-state index in [0.717, 1.165) is 5.56 Å². The van der Waals surface area contributed by atoms with Crippen LogP contribution in [0.4, 0.5) is 13.2 Å². The molecule has 0 atom stereocenters. The molecule has 84 valence electrons. The third-order valence-electron chi connectivity index (χ3n) is 1.86. The highest BCUT2D eigenvalue weighted by Gasteiger charge is 2.10. The fraction of sp³-hybridized carbons (Fsp3) is 0.455. The maximum absolute atomic E-state index is 13.2. The third kappa shape index (κ3) is 3.81. The predicted octanol–water partition coefficient (Wildman–Crippen LogP) is 3.63. The monoisotopic (exact) mass is 218 g/mol. The average molecular weight is 218 g/mol. The first-order valence-electron chi connectivity index (χ1n) is 4.72. The minimum atomic E-state index is -2.99. The highest BCUT2D eigenvalue weighted by atomic mass is 19.3. The Hall–Kier alpha value is -1.19. The summed E-state index contributed by atoms with van der Waals surface area (Å²) in [6.07, 6.45) is 0.714. The zero-order valence-electron chi connectivity index (χ0n) is 8.64. The zero-order valence-corrected chi connectivity index (χ0v) is 8.64. The molecule has 1 aromatic rings. The van der Waals surface area contributed by atoms with Gasteiger partial charge in [0.15, 0.2) is 11.6 Å². The molecule has 1 nitrogen and oxygen atoms in total. The predicted molar refractivity (Wildman–Crippen MR) is 51.6 cm³/mol. The maximum atomic E-state index is 13.2. The van der Waals surface area contributed by atoms with Crippen LogP contribution >= 0.6 is 0 Å². The van der Waals surface area contributed by atoms with Crippen molar-refractivity contribution in [3.63, 3.8) is 0 Å². The number of ether oxygens (including phenoxy) is 1. The lowest BCUT2D eigenvalue weighted by molar-refractivity contribution is -0.0522. The molecule has 0 fully saturated rings. The summed E-state index contributed by atoms with van der Waals surface area (Å²) in [6.45, 7) is 1.01. The number of hydrogen-bond donors (Lipinski definition) is 0. The van der Waals surface area contributed by atoms with Crippen LogP contribution in [0.25, 0.3) is 0 Å². The zero-order chi connectivity index (χ0) is 11.4. The number of rotatable bonds is 4. The van der Waals surface area contributed by atoms with Gasteiger partial charge < -0.3 is 4.74 Å². The second-order valence-electron chi connectivity index (χ2n) is 3.74. The summed E-state index contributed by atoms with van der Waals surface area (Å²) in [6, 6.07) is 4.07. The van der Waals surface area contributed by atoms with Crippen molar-refractivity contribution in [1.29, 1.82) is 0 Å². The molecule has 0 aliphatic rings. The molecular weight excluding hydrogens is 205 g/mol. The molecule has 0 bridgehead atoms. The molecule has 0 radical (unpaired) electrons. The Morgan fingerprint density at radius 2 is 1.93 bits per heavy atom. The van der Waals surface area contributed by atoms with Gasteiger partial charge in [-0.3, -0.25) is 0 Å². The lowest BCUT2D eigenvalue weighted by atomic mass is 10.0. The summed E-state index contributed by atoms with van der Waals surface area (Å²) in [5, 5.41) is 0. The van der Waals surface area contributed by atoms with Crippen LogP contribution in [0.15, 0.2) is 18.2 Å². The van der Waals surface area contributed by atoms with Gasteiger partial charge in [-0.05, 0) is 30.0 Å². The van der Waals surface area contributed by atoms with Crippen molar-refractivity contribution >= 4 is 0 Å². The van der Waals surface area contributed by atoms with E-state index in [0.29, 0.717) is 12.3 Å². The van der Waals surface area contributed by atoms with E-state index in [1.165, 1.54) is 12.1 Å². The van der Waals surface area contributed by atoms with E-state index in [-0.39, 0.29) is 0 Å². The molecule has 0 heterocycles. The van der Waals surface area contributed by atoms with Gasteiger partial charge in [-0.15, -0.1) is 0 Å². The van der Waals surface area contributed by atoms with Crippen molar-refractivity contribution in [2.75, 3.05) is 0 Å². The van der Waals surface area contributed by atoms with Crippen molar-refractivity contribution in [2.24, 2.45) is 5.92 Å². The molecule has 1 aromatic carbocycles. The van der Waals surface area contributed by atoms with Crippen molar-refractivity contribution in [3.8, 4) is 5.75 Å². The average Bonchev–Trinajstić information content (AvgIpc) is 2.08. The van der Waals surface area contributed by atoms with E-state index in [1.54, 1.807) is 6.07 Å². The summed E-state index contributed by atoms with van der Waals surface area (Å²) in [7, 11) is 0. The summed E-state index contributed by atoms with van der Waals surface area (Å²) in [5.74, 6) is -0.753. The topological polar surface area (TPSA) is 9.23 Å². The van der Waals surface area contributed by atoms with Gasteiger partial charge in [-0.1, -0.05) is 19.9 Å². The largest absolute Gasteiger partial charge is 0.432 e. The third-order valence-corrected chi connectivity index (χ3v) is 1.86. The SMILES string of the molecule is CC(C)Cc1ccc(OC(F)F)c(F)c1. The molecule has 0 aliphatic heterocycles. The van der Waals surface area contributed by atoms with Crippen LogP contribution in [-0.4, -0.2) is 6.61 Å². The Bertz CT molecular complexity index is 324. The van der Waals surface area contributed by atoms with Crippen LogP contribution in [0.1, 0.15) is 19.4 Å².